The number of benzene rings is 2. The zero-order chi connectivity index (χ0) is 24.5. The van der Waals surface area contributed by atoms with Gasteiger partial charge in [-0.2, -0.15) is 0 Å². The highest BCUT2D eigenvalue weighted by Crippen LogP contribution is 2.39. The average Bonchev–Trinajstić information content (AvgIpc) is 3.32. The summed E-state index contributed by atoms with van der Waals surface area (Å²) in [4.78, 5) is 15.6. The molecule has 2 heterocycles. The Hall–Kier alpha value is -3.52. The topological polar surface area (TPSA) is 93.2 Å². The van der Waals surface area contributed by atoms with Crippen LogP contribution < -0.4 is 15.0 Å². The molecule has 0 aliphatic carbocycles. The van der Waals surface area contributed by atoms with Gasteiger partial charge in [0.05, 0.1) is 5.75 Å². The van der Waals surface area contributed by atoms with Crippen molar-refractivity contribution in [2.45, 2.75) is 33.1 Å². The van der Waals surface area contributed by atoms with Crippen molar-refractivity contribution in [3.8, 4) is 22.6 Å². The molecule has 2 aromatic carbocycles. The van der Waals surface area contributed by atoms with Crippen molar-refractivity contribution in [1.29, 1.82) is 0 Å². The molecule has 0 radical (unpaired) electrons. The number of rotatable bonds is 8. The number of aromatic nitrogens is 2. The lowest BCUT2D eigenvalue weighted by atomic mass is 9.98. The Kier molecular flexibility index (Phi) is 6.52. The van der Waals surface area contributed by atoms with Crippen molar-refractivity contribution in [3.63, 3.8) is 0 Å². The van der Waals surface area contributed by atoms with Gasteiger partial charge in [-0.25, -0.2) is 8.42 Å². The first kappa shape index (κ1) is 23.6. The maximum absolute atomic E-state index is 12.6. The molecule has 0 amide bonds. The smallest absolute Gasteiger partial charge is 0.274 e. The highest BCUT2D eigenvalue weighted by molar-refractivity contribution is 7.92. The monoisotopic (exact) mass is 479 g/mol. The van der Waals surface area contributed by atoms with Gasteiger partial charge in [0, 0.05) is 41.6 Å². The van der Waals surface area contributed by atoms with Gasteiger partial charge in [-0.15, -0.1) is 0 Å². The molecule has 2 N–H and O–H groups in total. The molecule has 34 heavy (non-hydrogen) atoms. The summed E-state index contributed by atoms with van der Waals surface area (Å²) in [7, 11) is -1.77. The maximum atomic E-state index is 12.6. The van der Waals surface area contributed by atoms with Gasteiger partial charge >= 0.3 is 0 Å². The Morgan fingerprint density at radius 2 is 1.88 bits per heavy atom. The first-order valence-electron chi connectivity index (χ1n) is 11.3. The van der Waals surface area contributed by atoms with Gasteiger partial charge in [-0.05, 0) is 61.2 Å². The molecule has 7 nitrogen and oxygen atoms in total. The molecule has 4 aromatic rings. The summed E-state index contributed by atoms with van der Waals surface area (Å²) in [6, 6.07) is 15.0. The predicted octanol–water partition coefficient (Wildman–Crippen LogP) is 5.60. The van der Waals surface area contributed by atoms with Crippen molar-refractivity contribution in [2.24, 2.45) is 7.05 Å². The molecule has 0 aliphatic heterocycles. The lowest BCUT2D eigenvalue weighted by molar-refractivity contribution is 0.483. The van der Waals surface area contributed by atoms with Crippen LogP contribution in [0.1, 0.15) is 38.7 Å². The van der Waals surface area contributed by atoms with Crippen molar-refractivity contribution in [2.75, 3.05) is 10.5 Å². The molecular weight excluding hydrogens is 450 g/mol. The van der Waals surface area contributed by atoms with Gasteiger partial charge in [0.15, 0.2) is 0 Å². The van der Waals surface area contributed by atoms with E-state index in [0.29, 0.717) is 34.2 Å². The molecule has 0 fully saturated rings. The van der Waals surface area contributed by atoms with Crippen LogP contribution in [0.3, 0.4) is 0 Å². The number of sulfonamides is 1. The molecule has 8 heteroatoms. The highest BCUT2D eigenvalue weighted by atomic mass is 32.2. The van der Waals surface area contributed by atoms with Crippen LogP contribution in [-0.4, -0.2) is 23.7 Å². The number of ether oxygens (including phenoxy) is 1. The Morgan fingerprint density at radius 3 is 2.62 bits per heavy atom. The molecule has 4 rings (SSSR count). The van der Waals surface area contributed by atoms with E-state index in [9.17, 15) is 13.2 Å². The van der Waals surface area contributed by atoms with Crippen molar-refractivity contribution in [3.05, 3.63) is 76.8 Å². The van der Waals surface area contributed by atoms with Gasteiger partial charge in [0.1, 0.15) is 17.0 Å². The average molecular weight is 480 g/mol. The number of aryl methyl sites for hydroxylation is 1. The SMILES string of the molecule is CCC(C)c1cccc(Oc2ccc(NS(=O)(=O)CC)cc2-c2cn(C)c(=O)c3[nH]ccc23)c1. The minimum atomic E-state index is -3.46. The van der Waals surface area contributed by atoms with E-state index in [4.69, 9.17) is 4.74 Å². The summed E-state index contributed by atoms with van der Waals surface area (Å²) in [5.74, 6) is 1.61. The van der Waals surface area contributed by atoms with E-state index >= 15 is 0 Å². The number of aromatic amines is 1. The van der Waals surface area contributed by atoms with E-state index < -0.39 is 10.0 Å². The quantitative estimate of drug-likeness (QED) is 0.344. The Bertz CT molecular complexity index is 1500. The van der Waals surface area contributed by atoms with E-state index in [1.54, 1.807) is 44.6 Å². The summed E-state index contributed by atoms with van der Waals surface area (Å²) in [5.41, 5.74) is 3.37. The van der Waals surface area contributed by atoms with Crippen LogP contribution in [0.5, 0.6) is 11.5 Å². The molecule has 1 atom stereocenters. The molecule has 2 aromatic heterocycles. The lowest BCUT2D eigenvalue weighted by Gasteiger charge is -2.17. The van der Waals surface area contributed by atoms with E-state index in [1.165, 1.54) is 10.1 Å². The Labute approximate surface area is 199 Å². The molecule has 0 saturated heterocycles. The molecule has 1 unspecified atom stereocenters. The minimum Gasteiger partial charge on any atom is -0.457 e. The number of nitrogens with zero attached hydrogens (tertiary/aromatic N) is 1. The highest BCUT2D eigenvalue weighted by Gasteiger charge is 2.17. The predicted molar refractivity (Wildman–Crippen MR) is 137 cm³/mol. The molecule has 178 valence electrons. The third-order valence-corrected chi connectivity index (χ3v) is 7.39. The van der Waals surface area contributed by atoms with Crippen molar-refractivity contribution in [1.82, 2.24) is 9.55 Å². The minimum absolute atomic E-state index is 0.0368. The number of hydrogen-bond acceptors (Lipinski definition) is 4. The maximum Gasteiger partial charge on any atom is 0.274 e. The third-order valence-electron chi connectivity index (χ3n) is 6.08. The van der Waals surface area contributed by atoms with E-state index in [1.807, 2.05) is 24.3 Å². The number of fused-ring (bicyclic) bond motifs is 1. The van der Waals surface area contributed by atoms with Crippen LogP contribution in [0.25, 0.3) is 22.0 Å². The summed E-state index contributed by atoms with van der Waals surface area (Å²) in [6.07, 6.45) is 4.48. The molecule has 0 aliphatic rings. The first-order chi connectivity index (χ1) is 16.2. The second kappa shape index (κ2) is 9.38. The molecular formula is C26H29N3O4S. The fourth-order valence-corrected chi connectivity index (χ4v) is 4.51. The molecule has 0 saturated carbocycles. The molecule has 0 bridgehead atoms. The number of pyridine rings is 1. The zero-order valence-corrected chi connectivity index (χ0v) is 20.6. The number of H-pyrrole nitrogens is 1. The van der Waals surface area contributed by atoms with Crippen LogP contribution in [0.2, 0.25) is 0 Å². The summed E-state index contributed by atoms with van der Waals surface area (Å²) in [6.45, 7) is 5.90. The third kappa shape index (κ3) is 4.72. The standard InChI is InChI=1S/C26H29N3O4S/c1-5-17(3)18-8-7-9-20(14-18)33-24-11-10-19(28-34(31,32)6-2)15-22(24)23-16-29(4)26(30)25-21(23)12-13-27-25/h7-17,27-28H,5-6H2,1-4H3. The van der Waals surface area contributed by atoms with Crippen LogP contribution >= 0.6 is 0 Å². The Balaban J connectivity index is 1.88. The fraction of sp³-hybridized carbons (Fsp3) is 0.269. The number of nitrogens with one attached hydrogen (secondary N) is 2. The van der Waals surface area contributed by atoms with Crippen molar-refractivity contribution >= 4 is 26.6 Å². The van der Waals surface area contributed by atoms with E-state index in [-0.39, 0.29) is 11.3 Å². The van der Waals surface area contributed by atoms with Crippen molar-refractivity contribution < 1.29 is 13.2 Å². The summed E-state index contributed by atoms with van der Waals surface area (Å²) in [5, 5.41) is 0.733. The molecule has 0 spiro atoms. The second-order valence-electron chi connectivity index (χ2n) is 8.43. The van der Waals surface area contributed by atoms with Crippen LogP contribution in [0, 0.1) is 0 Å². The largest absolute Gasteiger partial charge is 0.457 e. The van der Waals surface area contributed by atoms with Gasteiger partial charge in [0.25, 0.3) is 5.56 Å². The van der Waals surface area contributed by atoms with Gasteiger partial charge in [-0.1, -0.05) is 26.0 Å². The van der Waals surface area contributed by atoms with Gasteiger partial charge < -0.3 is 14.3 Å². The second-order valence-corrected chi connectivity index (χ2v) is 10.4. The zero-order valence-electron chi connectivity index (χ0n) is 19.8. The van der Waals surface area contributed by atoms with Gasteiger partial charge in [0.2, 0.25) is 10.0 Å². The summed E-state index contributed by atoms with van der Waals surface area (Å²) < 4.78 is 34.8. The number of anilines is 1. The van der Waals surface area contributed by atoms with Crippen LogP contribution in [0.4, 0.5) is 5.69 Å². The van der Waals surface area contributed by atoms with Crippen LogP contribution in [0.15, 0.2) is 65.7 Å². The number of hydrogen-bond donors (Lipinski definition) is 2. The van der Waals surface area contributed by atoms with E-state index in [2.05, 4.69) is 29.6 Å². The fourth-order valence-electron chi connectivity index (χ4n) is 3.88. The normalized spacial score (nSPS) is 12.6. The first-order valence-corrected chi connectivity index (χ1v) is 13.0. The Morgan fingerprint density at radius 1 is 1.09 bits per heavy atom. The summed E-state index contributed by atoms with van der Waals surface area (Å²) >= 11 is 0. The van der Waals surface area contributed by atoms with E-state index in [0.717, 1.165) is 17.4 Å². The lowest BCUT2D eigenvalue weighted by Crippen LogP contribution is -2.17. The van der Waals surface area contributed by atoms with Gasteiger partial charge in [-0.3, -0.25) is 9.52 Å². The van der Waals surface area contributed by atoms with Crippen LogP contribution in [-0.2, 0) is 17.1 Å².